The lowest BCUT2D eigenvalue weighted by Gasteiger charge is -2.11. The average Bonchev–Trinajstić information content (AvgIpc) is 2.09. The molecular formula is C9H8F4O2. The molecule has 84 valence electrons. The van der Waals surface area contributed by atoms with Gasteiger partial charge < -0.3 is 9.84 Å². The minimum Gasteiger partial charge on any atom is -0.505 e. The van der Waals surface area contributed by atoms with Gasteiger partial charge in [-0.2, -0.15) is 13.2 Å². The fourth-order valence-corrected chi connectivity index (χ4v) is 1.04. The molecule has 15 heavy (non-hydrogen) atoms. The first-order chi connectivity index (χ1) is 6.86. The van der Waals surface area contributed by atoms with Crippen molar-refractivity contribution in [2.24, 2.45) is 0 Å². The predicted octanol–water partition coefficient (Wildman–Crippen LogP) is 2.95. The first-order valence-corrected chi connectivity index (χ1v) is 4.08. The van der Waals surface area contributed by atoms with Crippen molar-refractivity contribution in [2.75, 3.05) is 6.61 Å². The maximum atomic E-state index is 12.9. The van der Waals surface area contributed by atoms with Crippen molar-refractivity contribution in [3.63, 3.8) is 0 Å². The van der Waals surface area contributed by atoms with E-state index in [1.807, 2.05) is 0 Å². The smallest absolute Gasteiger partial charge is 0.419 e. The first-order valence-electron chi connectivity index (χ1n) is 4.08. The molecule has 0 aliphatic heterocycles. The van der Waals surface area contributed by atoms with E-state index in [4.69, 9.17) is 9.84 Å². The third kappa shape index (κ3) is 2.51. The van der Waals surface area contributed by atoms with Crippen LogP contribution in [0.2, 0.25) is 0 Å². The molecule has 0 bridgehead atoms. The van der Waals surface area contributed by atoms with E-state index in [1.165, 1.54) is 0 Å². The van der Waals surface area contributed by atoms with Crippen LogP contribution in [0.1, 0.15) is 12.5 Å². The Kier molecular flexibility index (Phi) is 3.06. The van der Waals surface area contributed by atoms with Gasteiger partial charge in [0, 0.05) is 6.07 Å². The summed E-state index contributed by atoms with van der Waals surface area (Å²) in [7, 11) is 0. The van der Waals surface area contributed by atoms with E-state index < -0.39 is 23.3 Å². The van der Waals surface area contributed by atoms with Gasteiger partial charge in [0.05, 0.1) is 12.2 Å². The molecule has 0 spiro atoms. The molecule has 0 saturated carbocycles. The van der Waals surface area contributed by atoms with Crippen LogP contribution in [0.5, 0.6) is 11.5 Å². The van der Waals surface area contributed by atoms with Gasteiger partial charge in [-0.1, -0.05) is 0 Å². The minimum absolute atomic E-state index is 0.127. The average molecular weight is 224 g/mol. The van der Waals surface area contributed by atoms with Crippen LogP contribution < -0.4 is 4.74 Å². The summed E-state index contributed by atoms with van der Waals surface area (Å²) in [6, 6.07) is 1.31. The lowest BCUT2D eigenvalue weighted by molar-refractivity contribution is -0.140. The maximum Gasteiger partial charge on any atom is 0.419 e. The van der Waals surface area contributed by atoms with Gasteiger partial charge in [0.2, 0.25) is 0 Å². The monoisotopic (exact) mass is 224 g/mol. The van der Waals surface area contributed by atoms with Crippen LogP contribution >= 0.6 is 0 Å². The highest BCUT2D eigenvalue weighted by molar-refractivity contribution is 5.40. The molecule has 0 aliphatic rings. The summed E-state index contributed by atoms with van der Waals surface area (Å²) >= 11 is 0. The topological polar surface area (TPSA) is 29.5 Å². The molecule has 0 radical (unpaired) electrons. The van der Waals surface area contributed by atoms with Crippen molar-refractivity contribution in [3.05, 3.63) is 23.5 Å². The highest BCUT2D eigenvalue weighted by Crippen LogP contribution is 2.37. The van der Waals surface area contributed by atoms with E-state index in [0.717, 1.165) is 6.07 Å². The second kappa shape index (κ2) is 3.96. The zero-order valence-corrected chi connectivity index (χ0v) is 7.73. The molecule has 0 fully saturated rings. The quantitative estimate of drug-likeness (QED) is 0.782. The lowest BCUT2D eigenvalue weighted by atomic mass is 10.2. The highest BCUT2D eigenvalue weighted by atomic mass is 19.4. The maximum absolute atomic E-state index is 12.9. The molecule has 1 N–H and O–H groups in total. The van der Waals surface area contributed by atoms with E-state index >= 15 is 0 Å². The van der Waals surface area contributed by atoms with Crippen LogP contribution in [-0.4, -0.2) is 11.7 Å². The lowest BCUT2D eigenvalue weighted by Crippen LogP contribution is -2.08. The van der Waals surface area contributed by atoms with E-state index in [0.29, 0.717) is 6.07 Å². The van der Waals surface area contributed by atoms with Crippen LogP contribution in [0, 0.1) is 5.82 Å². The van der Waals surface area contributed by atoms with Crippen molar-refractivity contribution in [2.45, 2.75) is 13.1 Å². The summed E-state index contributed by atoms with van der Waals surface area (Å²) in [4.78, 5) is 0. The summed E-state index contributed by atoms with van der Waals surface area (Å²) in [6.45, 7) is 1.69. The Morgan fingerprint density at radius 1 is 1.33 bits per heavy atom. The van der Waals surface area contributed by atoms with Gasteiger partial charge in [-0.15, -0.1) is 0 Å². The van der Waals surface area contributed by atoms with Crippen LogP contribution in [0.25, 0.3) is 0 Å². The van der Waals surface area contributed by atoms with Crippen LogP contribution in [0.15, 0.2) is 12.1 Å². The molecule has 1 rings (SSSR count). The number of hydrogen-bond donors (Lipinski definition) is 1. The number of phenols is 1. The second-order valence-corrected chi connectivity index (χ2v) is 2.73. The molecule has 6 heteroatoms. The Balaban J connectivity index is 3.25. The number of alkyl halides is 3. The molecule has 0 aromatic heterocycles. The van der Waals surface area contributed by atoms with E-state index in [-0.39, 0.29) is 12.4 Å². The first kappa shape index (κ1) is 11.6. The summed E-state index contributed by atoms with van der Waals surface area (Å²) in [5.74, 6) is -2.98. The summed E-state index contributed by atoms with van der Waals surface area (Å²) < 4.78 is 54.4. The molecular weight excluding hydrogens is 216 g/mol. The van der Waals surface area contributed by atoms with Crippen LogP contribution in [-0.2, 0) is 6.18 Å². The number of aromatic hydroxyl groups is 1. The van der Waals surface area contributed by atoms with Crippen molar-refractivity contribution in [1.82, 2.24) is 0 Å². The Bertz CT molecular complexity index is 360. The van der Waals surface area contributed by atoms with Crippen molar-refractivity contribution < 1.29 is 27.4 Å². The molecule has 0 heterocycles. The van der Waals surface area contributed by atoms with Gasteiger partial charge in [-0.3, -0.25) is 0 Å². The normalized spacial score (nSPS) is 11.5. The van der Waals surface area contributed by atoms with Gasteiger partial charge in [0.1, 0.15) is 5.75 Å². The Morgan fingerprint density at radius 2 is 1.93 bits per heavy atom. The summed E-state index contributed by atoms with van der Waals surface area (Å²) in [5, 5.41) is 8.92. The fraction of sp³-hybridized carbons (Fsp3) is 0.333. The number of rotatable bonds is 2. The zero-order valence-electron chi connectivity index (χ0n) is 7.73. The largest absolute Gasteiger partial charge is 0.505 e. The molecule has 0 amide bonds. The van der Waals surface area contributed by atoms with E-state index in [1.54, 1.807) is 6.92 Å². The molecule has 0 unspecified atom stereocenters. The number of phenolic OH excluding ortho intramolecular Hbond substituents is 1. The standard InChI is InChI=1S/C9H8F4O2/c1-2-15-5-3-6(9(11,12)13)8(10)7(14)4-5/h3-4,14H,2H2,1H3. The van der Waals surface area contributed by atoms with Crippen molar-refractivity contribution >= 4 is 0 Å². The zero-order chi connectivity index (χ0) is 11.6. The van der Waals surface area contributed by atoms with Gasteiger partial charge >= 0.3 is 6.18 Å². The molecule has 1 aromatic carbocycles. The number of hydrogen-bond acceptors (Lipinski definition) is 2. The Morgan fingerprint density at radius 3 is 2.40 bits per heavy atom. The number of ether oxygens (including phenoxy) is 1. The van der Waals surface area contributed by atoms with Crippen LogP contribution in [0.3, 0.4) is 0 Å². The third-order valence-corrected chi connectivity index (χ3v) is 1.64. The van der Waals surface area contributed by atoms with Crippen molar-refractivity contribution in [3.8, 4) is 11.5 Å². The van der Waals surface area contributed by atoms with E-state index in [9.17, 15) is 17.6 Å². The third-order valence-electron chi connectivity index (χ3n) is 1.64. The minimum atomic E-state index is -4.85. The molecule has 0 atom stereocenters. The molecule has 2 nitrogen and oxygen atoms in total. The SMILES string of the molecule is CCOc1cc(O)c(F)c(C(F)(F)F)c1. The van der Waals surface area contributed by atoms with Gasteiger partial charge in [-0.25, -0.2) is 4.39 Å². The molecule has 0 saturated heterocycles. The summed E-state index contributed by atoms with van der Waals surface area (Å²) in [6.07, 6.45) is -4.85. The van der Waals surface area contributed by atoms with Crippen molar-refractivity contribution in [1.29, 1.82) is 0 Å². The Hall–Kier alpha value is -1.46. The van der Waals surface area contributed by atoms with Gasteiger partial charge in [0.15, 0.2) is 11.6 Å². The van der Waals surface area contributed by atoms with Gasteiger partial charge in [0.25, 0.3) is 0 Å². The molecule has 1 aromatic rings. The number of benzene rings is 1. The van der Waals surface area contributed by atoms with Gasteiger partial charge in [-0.05, 0) is 13.0 Å². The fourth-order valence-electron chi connectivity index (χ4n) is 1.04. The second-order valence-electron chi connectivity index (χ2n) is 2.73. The highest BCUT2D eigenvalue weighted by Gasteiger charge is 2.36. The Labute approximate surface area is 83.1 Å². The summed E-state index contributed by atoms with van der Waals surface area (Å²) in [5.41, 5.74) is -1.54. The molecule has 0 aliphatic carbocycles. The van der Waals surface area contributed by atoms with E-state index in [2.05, 4.69) is 0 Å². The van der Waals surface area contributed by atoms with Crippen LogP contribution in [0.4, 0.5) is 17.6 Å². The number of halogens is 4. The predicted molar refractivity (Wildman–Crippen MR) is 44.2 cm³/mol.